The van der Waals surface area contributed by atoms with E-state index in [4.69, 9.17) is 9.47 Å². The summed E-state index contributed by atoms with van der Waals surface area (Å²) in [5.74, 6) is 1.01. The molecular weight excluding hydrogens is 246 g/mol. The molecule has 0 aliphatic carbocycles. The highest BCUT2D eigenvalue weighted by atomic mass is 16.6. The number of fused-ring (bicyclic) bond motifs is 1. The predicted octanol–water partition coefficient (Wildman–Crippen LogP) is 1.35. The Kier molecular flexibility index (Phi) is 3.95. The fraction of sp³-hybridized carbons (Fsp3) is 0.500. The quantitative estimate of drug-likeness (QED) is 0.862. The lowest BCUT2D eigenvalue weighted by Gasteiger charge is -2.27. The van der Waals surface area contributed by atoms with E-state index in [1.165, 1.54) is 0 Å². The average molecular weight is 265 g/mol. The minimum atomic E-state index is -0.607. The van der Waals surface area contributed by atoms with Crippen LogP contribution in [0.25, 0.3) is 0 Å². The SMILES string of the molecule is CCC(C)(CO)NC(=O)c1ccc2c(c1)OCCO2. The molecule has 5 heteroatoms. The summed E-state index contributed by atoms with van der Waals surface area (Å²) >= 11 is 0. The van der Waals surface area contributed by atoms with Gasteiger partial charge >= 0.3 is 0 Å². The molecule has 0 radical (unpaired) electrons. The second kappa shape index (κ2) is 5.48. The van der Waals surface area contributed by atoms with Crippen molar-refractivity contribution in [3.63, 3.8) is 0 Å². The third kappa shape index (κ3) is 2.98. The molecule has 1 amide bonds. The molecule has 0 saturated carbocycles. The molecular formula is C14H19NO4. The van der Waals surface area contributed by atoms with E-state index in [1.807, 2.05) is 13.8 Å². The van der Waals surface area contributed by atoms with Gasteiger partial charge in [0.05, 0.1) is 12.1 Å². The minimum Gasteiger partial charge on any atom is -0.486 e. The van der Waals surface area contributed by atoms with Crippen LogP contribution in [0.3, 0.4) is 0 Å². The van der Waals surface area contributed by atoms with Gasteiger partial charge in [0.25, 0.3) is 5.91 Å². The Labute approximate surface area is 112 Å². The van der Waals surface area contributed by atoms with E-state index in [0.717, 1.165) is 0 Å². The van der Waals surface area contributed by atoms with Crippen molar-refractivity contribution in [1.29, 1.82) is 0 Å². The summed E-state index contributed by atoms with van der Waals surface area (Å²) in [6.45, 7) is 4.64. The van der Waals surface area contributed by atoms with E-state index >= 15 is 0 Å². The Hall–Kier alpha value is -1.75. The normalized spacial score (nSPS) is 16.6. The fourth-order valence-electron chi connectivity index (χ4n) is 1.77. The number of aliphatic hydroxyl groups excluding tert-OH is 1. The van der Waals surface area contributed by atoms with Crippen LogP contribution in [0.4, 0.5) is 0 Å². The van der Waals surface area contributed by atoms with Crippen molar-refractivity contribution in [2.45, 2.75) is 25.8 Å². The van der Waals surface area contributed by atoms with Gasteiger partial charge in [0.1, 0.15) is 13.2 Å². The van der Waals surface area contributed by atoms with Crippen LogP contribution in [-0.4, -0.2) is 36.4 Å². The van der Waals surface area contributed by atoms with Gasteiger partial charge in [-0.2, -0.15) is 0 Å². The maximum atomic E-state index is 12.1. The van der Waals surface area contributed by atoms with Crippen molar-refractivity contribution in [3.05, 3.63) is 23.8 Å². The molecule has 104 valence electrons. The van der Waals surface area contributed by atoms with Crippen molar-refractivity contribution < 1.29 is 19.4 Å². The molecule has 0 spiro atoms. The molecule has 1 aromatic carbocycles. The van der Waals surface area contributed by atoms with Crippen LogP contribution < -0.4 is 14.8 Å². The van der Waals surface area contributed by atoms with E-state index in [9.17, 15) is 9.90 Å². The number of benzene rings is 1. The number of amides is 1. The lowest BCUT2D eigenvalue weighted by atomic mass is 9.99. The van der Waals surface area contributed by atoms with Crippen LogP contribution in [0.2, 0.25) is 0 Å². The molecule has 1 heterocycles. The number of aliphatic hydroxyl groups is 1. The van der Waals surface area contributed by atoms with E-state index in [0.29, 0.717) is 36.7 Å². The zero-order valence-corrected chi connectivity index (χ0v) is 11.2. The third-order valence-electron chi connectivity index (χ3n) is 3.35. The van der Waals surface area contributed by atoms with Crippen molar-refractivity contribution >= 4 is 5.91 Å². The first-order valence-corrected chi connectivity index (χ1v) is 6.41. The summed E-state index contributed by atoms with van der Waals surface area (Å²) in [6, 6.07) is 5.08. The van der Waals surface area contributed by atoms with Gasteiger partial charge in [-0.1, -0.05) is 6.92 Å². The molecule has 1 atom stereocenters. The first-order valence-electron chi connectivity index (χ1n) is 6.41. The molecule has 2 rings (SSSR count). The molecule has 0 saturated heterocycles. The molecule has 5 nitrogen and oxygen atoms in total. The molecule has 1 aliphatic heterocycles. The second-order valence-electron chi connectivity index (χ2n) is 4.88. The van der Waals surface area contributed by atoms with Crippen LogP contribution in [0.15, 0.2) is 18.2 Å². The number of carbonyl (C=O) groups excluding carboxylic acids is 1. The van der Waals surface area contributed by atoms with Crippen LogP contribution in [-0.2, 0) is 0 Å². The summed E-state index contributed by atoms with van der Waals surface area (Å²) in [5.41, 5.74) is -0.109. The standard InChI is InChI=1S/C14H19NO4/c1-3-14(2,9-16)15-13(17)10-4-5-11-12(8-10)19-7-6-18-11/h4-5,8,16H,3,6-7,9H2,1-2H3,(H,15,17). The van der Waals surface area contributed by atoms with Gasteiger partial charge in [0.2, 0.25) is 0 Å². The summed E-state index contributed by atoms with van der Waals surface area (Å²) in [5, 5.41) is 12.1. The van der Waals surface area contributed by atoms with E-state index in [2.05, 4.69) is 5.32 Å². The van der Waals surface area contributed by atoms with Crippen molar-refractivity contribution in [2.75, 3.05) is 19.8 Å². The Morgan fingerprint density at radius 2 is 2.05 bits per heavy atom. The van der Waals surface area contributed by atoms with Gasteiger partial charge in [0.15, 0.2) is 11.5 Å². The number of hydrogen-bond acceptors (Lipinski definition) is 4. The minimum absolute atomic E-state index is 0.0974. The van der Waals surface area contributed by atoms with E-state index < -0.39 is 5.54 Å². The van der Waals surface area contributed by atoms with Crippen molar-refractivity contribution in [1.82, 2.24) is 5.32 Å². The highest BCUT2D eigenvalue weighted by Crippen LogP contribution is 2.30. The first-order chi connectivity index (χ1) is 9.08. The monoisotopic (exact) mass is 265 g/mol. The maximum Gasteiger partial charge on any atom is 0.251 e. The Bertz CT molecular complexity index is 469. The fourth-order valence-corrected chi connectivity index (χ4v) is 1.77. The molecule has 0 aromatic heterocycles. The lowest BCUT2D eigenvalue weighted by molar-refractivity contribution is 0.0846. The number of rotatable bonds is 4. The lowest BCUT2D eigenvalue weighted by Crippen LogP contribution is -2.48. The summed E-state index contributed by atoms with van der Waals surface area (Å²) in [4.78, 5) is 12.1. The first kappa shape index (κ1) is 13.7. The van der Waals surface area contributed by atoms with Crippen LogP contribution in [0.5, 0.6) is 11.5 Å². The van der Waals surface area contributed by atoms with Crippen LogP contribution in [0, 0.1) is 0 Å². The van der Waals surface area contributed by atoms with Gasteiger partial charge in [-0.25, -0.2) is 0 Å². The maximum absolute atomic E-state index is 12.1. The Morgan fingerprint density at radius 1 is 1.37 bits per heavy atom. The van der Waals surface area contributed by atoms with Gasteiger partial charge in [-0.05, 0) is 31.5 Å². The smallest absolute Gasteiger partial charge is 0.251 e. The van der Waals surface area contributed by atoms with Gasteiger partial charge in [-0.15, -0.1) is 0 Å². The van der Waals surface area contributed by atoms with Gasteiger partial charge in [0, 0.05) is 5.56 Å². The molecule has 1 unspecified atom stereocenters. The topological polar surface area (TPSA) is 67.8 Å². The molecule has 0 bridgehead atoms. The second-order valence-corrected chi connectivity index (χ2v) is 4.88. The average Bonchev–Trinajstić information content (AvgIpc) is 2.46. The van der Waals surface area contributed by atoms with Crippen molar-refractivity contribution in [3.8, 4) is 11.5 Å². The molecule has 1 aromatic rings. The van der Waals surface area contributed by atoms with Crippen molar-refractivity contribution in [2.24, 2.45) is 0 Å². The zero-order valence-electron chi connectivity index (χ0n) is 11.2. The number of ether oxygens (including phenoxy) is 2. The largest absolute Gasteiger partial charge is 0.486 e. The Morgan fingerprint density at radius 3 is 2.68 bits per heavy atom. The molecule has 0 fully saturated rings. The Balaban J connectivity index is 2.15. The molecule has 1 aliphatic rings. The van der Waals surface area contributed by atoms with Crippen LogP contribution >= 0.6 is 0 Å². The number of carbonyl (C=O) groups is 1. The molecule has 19 heavy (non-hydrogen) atoms. The highest BCUT2D eigenvalue weighted by molar-refractivity contribution is 5.95. The number of nitrogens with one attached hydrogen (secondary N) is 1. The summed E-state index contributed by atoms with van der Waals surface area (Å²) in [7, 11) is 0. The van der Waals surface area contributed by atoms with E-state index in [-0.39, 0.29) is 12.5 Å². The molecule has 2 N–H and O–H groups in total. The van der Waals surface area contributed by atoms with Crippen LogP contribution in [0.1, 0.15) is 30.6 Å². The van der Waals surface area contributed by atoms with Gasteiger partial charge < -0.3 is 19.9 Å². The number of hydrogen-bond donors (Lipinski definition) is 2. The zero-order chi connectivity index (χ0) is 13.9. The van der Waals surface area contributed by atoms with E-state index in [1.54, 1.807) is 18.2 Å². The third-order valence-corrected chi connectivity index (χ3v) is 3.35. The summed E-state index contributed by atoms with van der Waals surface area (Å²) < 4.78 is 10.8. The van der Waals surface area contributed by atoms with Gasteiger partial charge in [-0.3, -0.25) is 4.79 Å². The summed E-state index contributed by atoms with van der Waals surface area (Å²) in [6.07, 6.45) is 0.653. The predicted molar refractivity (Wildman–Crippen MR) is 70.7 cm³/mol. The highest BCUT2D eigenvalue weighted by Gasteiger charge is 2.24.